The standard InChI is InChI=1S/C16H15N3O5.CH2O2/c1-22-16(21)14-13-9(7-12(20)17-15(13)19-18-14)8-2-3-10-11(6-8)24-5-4-23-10;2-1-3/h2-3,6,9H,4-5,7H2,1H3,(H2,17,18,19,20);1H,(H,2,3). The number of amides is 1. The Kier molecular flexibility index (Phi) is 5.25. The van der Waals surface area contributed by atoms with Crippen LogP contribution in [0.5, 0.6) is 11.5 Å². The van der Waals surface area contributed by atoms with Crippen LogP contribution in [0.25, 0.3) is 0 Å². The summed E-state index contributed by atoms with van der Waals surface area (Å²) >= 11 is 0. The van der Waals surface area contributed by atoms with Gasteiger partial charge in [-0.05, 0) is 17.7 Å². The number of aromatic amines is 1. The van der Waals surface area contributed by atoms with E-state index in [0.717, 1.165) is 5.56 Å². The Morgan fingerprint density at radius 2 is 2.04 bits per heavy atom. The van der Waals surface area contributed by atoms with Crippen LogP contribution in [-0.4, -0.2) is 54.0 Å². The van der Waals surface area contributed by atoms with E-state index in [9.17, 15) is 9.59 Å². The second-order valence-corrected chi connectivity index (χ2v) is 5.67. The monoisotopic (exact) mass is 375 g/mol. The van der Waals surface area contributed by atoms with Crippen LogP contribution in [0.15, 0.2) is 18.2 Å². The van der Waals surface area contributed by atoms with Crippen molar-refractivity contribution in [2.24, 2.45) is 0 Å². The Hall–Kier alpha value is -3.56. The lowest BCUT2D eigenvalue weighted by atomic mass is 9.85. The van der Waals surface area contributed by atoms with E-state index in [4.69, 9.17) is 24.1 Å². The van der Waals surface area contributed by atoms with Gasteiger partial charge in [0.15, 0.2) is 17.3 Å². The number of hydrogen-bond donors (Lipinski definition) is 3. The van der Waals surface area contributed by atoms with Crippen molar-refractivity contribution in [1.29, 1.82) is 0 Å². The lowest BCUT2D eigenvalue weighted by Crippen LogP contribution is -2.24. The van der Waals surface area contributed by atoms with Crippen molar-refractivity contribution < 1.29 is 33.7 Å². The maximum absolute atomic E-state index is 12.0. The Balaban J connectivity index is 0.000000659. The molecule has 1 aromatic carbocycles. The molecule has 1 unspecified atom stereocenters. The van der Waals surface area contributed by atoms with Crippen LogP contribution in [0.3, 0.4) is 0 Å². The average molecular weight is 375 g/mol. The van der Waals surface area contributed by atoms with Gasteiger partial charge in [0.2, 0.25) is 5.91 Å². The van der Waals surface area contributed by atoms with Crippen LogP contribution in [0.1, 0.15) is 34.0 Å². The zero-order valence-corrected chi connectivity index (χ0v) is 14.4. The van der Waals surface area contributed by atoms with E-state index in [1.165, 1.54) is 7.11 Å². The number of methoxy groups -OCH3 is 1. The number of carbonyl (C=O) groups is 3. The topological polar surface area (TPSA) is 140 Å². The van der Waals surface area contributed by atoms with Gasteiger partial charge in [0.1, 0.15) is 18.9 Å². The van der Waals surface area contributed by atoms with Crippen LogP contribution in [-0.2, 0) is 14.3 Å². The summed E-state index contributed by atoms with van der Waals surface area (Å²) in [6.45, 7) is 0.739. The molecule has 142 valence electrons. The molecular formula is C17H17N3O7. The highest BCUT2D eigenvalue weighted by atomic mass is 16.6. The lowest BCUT2D eigenvalue weighted by Gasteiger charge is -2.25. The first-order valence-corrected chi connectivity index (χ1v) is 8.02. The maximum Gasteiger partial charge on any atom is 0.356 e. The third kappa shape index (κ3) is 3.54. The van der Waals surface area contributed by atoms with Gasteiger partial charge in [-0.1, -0.05) is 6.07 Å². The molecule has 3 N–H and O–H groups in total. The second-order valence-electron chi connectivity index (χ2n) is 5.67. The number of ether oxygens (including phenoxy) is 3. The number of nitrogens with one attached hydrogen (secondary N) is 2. The summed E-state index contributed by atoms with van der Waals surface area (Å²) in [5.74, 6) is 0.650. The number of esters is 1. The molecule has 3 heterocycles. The zero-order valence-electron chi connectivity index (χ0n) is 14.4. The molecule has 4 rings (SSSR count). The van der Waals surface area contributed by atoms with E-state index in [2.05, 4.69) is 15.5 Å². The van der Waals surface area contributed by atoms with E-state index in [1.54, 1.807) is 0 Å². The number of aromatic nitrogens is 2. The molecular weight excluding hydrogens is 358 g/mol. The van der Waals surface area contributed by atoms with E-state index in [-0.39, 0.29) is 30.4 Å². The van der Waals surface area contributed by atoms with E-state index >= 15 is 0 Å². The number of H-pyrrole nitrogens is 1. The Bertz CT molecular complexity index is 877. The van der Waals surface area contributed by atoms with Gasteiger partial charge in [0, 0.05) is 17.9 Å². The molecule has 1 amide bonds. The molecule has 0 radical (unpaired) electrons. The van der Waals surface area contributed by atoms with Crippen molar-refractivity contribution in [2.75, 3.05) is 25.6 Å². The molecule has 2 aliphatic rings. The predicted molar refractivity (Wildman–Crippen MR) is 91.1 cm³/mol. The number of carboxylic acid groups (broad SMARTS) is 1. The summed E-state index contributed by atoms with van der Waals surface area (Å²) < 4.78 is 15.9. The molecule has 2 aromatic rings. The Labute approximate surface area is 153 Å². The van der Waals surface area contributed by atoms with Crippen molar-refractivity contribution in [3.63, 3.8) is 0 Å². The zero-order chi connectivity index (χ0) is 19.4. The van der Waals surface area contributed by atoms with Gasteiger partial charge >= 0.3 is 5.97 Å². The third-order valence-electron chi connectivity index (χ3n) is 4.16. The quantitative estimate of drug-likeness (QED) is 0.524. The largest absolute Gasteiger partial charge is 0.486 e. The van der Waals surface area contributed by atoms with Crippen molar-refractivity contribution >= 4 is 24.2 Å². The molecule has 0 bridgehead atoms. The molecule has 27 heavy (non-hydrogen) atoms. The molecule has 1 aromatic heterocycles. The fourth-order valence-electron chi connectivity index (χ4n) is 3.07. The summed E-state index contributed by atoms with van der Waals surface area (Å²) in [6, 6.07) is 5.53. The van der Waals surface area contributed by atoms with Crippen LogP contribution in [0, 0.1) is 0 Å². The van der Waals surface area contributed by atoms with Crippen LogP contribution < -0.4 is 14.8 Å². The summed E-state index contributed by atoms with van der Waals surface area (Å²) in [7, 11) is 1.30. The fraction of sp³-hybridized carbons (Fsp3) is 0.294. The molecule has 10 nitrogen and oxygen atoms in total. The number of benzene rings is 1. The number of carbonyl (C=O) groups excluding carboxylic acids is 2. The van der Waals surface area contributed by atoms with E-state index < -0.39 is 5.97 Å². The first kappa shape index (κ1) is 18.2. The average Bonchev–Trinajstić information content (AvgIpc) is 3.10. The molecule has 2 aliphatic heterocycles. The van der Waals surface area contributed by atoms with Gasteiger partial charge in [-0.15, -0.1) is 0 Å². The Morgan fingerprint density at radius 1 is 1.33 bits per heavy atom. The maximum atomic E-state index is 12.0. The molecule has 0 aliphatic carbocycles. The van der Waals surface area contributed by atoms with E-state index in [0.29, 0.717) is 36.1 Å². The van der Waals surface area contributed by atoms with Gasteiger partial charge in [0.25, 0.3) is 6.47 Å². The predicted octanol–water partition coefficient (Wildman–Crippen LogP) is 1.14. The van der Waals surface area contributed by atoms with E-state index in [1.807, 2.05) is 18.2 Å². The van der Waals surface area contributed by atoms with Crippen molar-refractivity contribution in [1.82, 2.24) is 10.2 Å². The van der Waals surface area contributed by atoms with Gasteiger partial charge in [0.05, 0.1) is 7.11 Å². The first-order chi connectivity index (χ1) is 13.1. The SMILES string of the molecule is COC(=O)c1[nH]nc2c1C(c1ccc3c(c1)OCCO3)CC(=O)N2.O=CO. The second kappa shape index (κ2) is 7.77. The molecule has 0 fully saturated rings. The molecule has 0 spiro atoms. The van der Waals surface area contributed by atoms with Crippen LogP contribution >= 0.6 is 0 Å². The van der Waals surface area contributed by atoms with Gasteiger partial charge in [-0.25, -0.2) is 4.79 Å². The van der Waals surface area contributed by atoms with Crippen molar-refractivity contribution in [2.45, 2.75) is 12.3 Å². The summed E-state index contributed by atoms with van der Waals surface area (Å²) in [5, 5.41) is 16.2. The molecule has 0 saturated carbocycles. The number of fused-ring (bicyclic) bond motifs is 2. The first-order valence-electron chi connectivity index (χ1n) is 8.02. The minimum absolute atomic E-state index is 0.162. The third-order valence-corrected chi connectivity index (χ3v) is 4.16. The number of rotatable bonds is 2. The summed E-state index contributed by atoms with van der Waals surface area (Å²) in [5.41, 5.74) is 1.72. The highest BCUT2D eigenvalue weighted by Gasteiger charge is 2.34. The lowest BCUT2D eigenvalue weighted by molar-refractivity contribution is -0.123. The van der Waals surface area contributed by atoms with Crippen LogP contribution in [0.2, 0.25) is 0 Å². The minimum Gasteiger partial charge on any atom is -0.486 e. The number of anilines is 1. The summed E-state index contributed by atoms with van der Waals surface area (Å²) in [4.78, 5) is 32.4. The van der Waals surface area contributed by atoms with Gasteiger partial charge in [-0.3, -0.25) is 14.7 Å². The summed E-state index contributed by atoms with van der Waals surface area (Å²) in [6.07, 6.45) is 0.205. The minimum atomic E-state index is -0.526. The molecule has 1 atom stereocenters. The fourth-order valence-corrected chi connectivity index (χ4v) is 3.07. The highest BCUT2D eigenvalue weighted by Crippen LogP contribution is 2.41. The van der Waals surface area contributed by atoms with Crippen molar-refractivity contribution in [3.8, 4) is 11.5 Å². The van der Waals surface area contributed by atoms with Crippen molar-refractivity contribution in [3.05, 3.63) is 35.0 Å². The molecule has 0 saturated heterocycles. The van der Waals surface area contributed by atoms with Crippen LogP contribution in [0.4, 0.5) is 5.82 Å². The normalized spacial score (nSPS) is 16.9. The molecule has 10 heteroatoms. The number of hydrogen-bond acceptors (Lipinski definition) is 7. The van der Waals surface area contributed by atoms with Gasteiger partial charge in [-0.2, -0.15) is 5.10 Å². The smallest absolute Gasteiger partial charge is 0.356 e. The highest BCUT2D eigenvalue weighted by molar-refractivity contribution is 5.98. The van der Waals surface area contributed by atoms with Gasteiger partial charge < -0.3 is 24.6 Å². The Morgan fingerprint density at radius 3 is 2.74 bits per heavy atom. The number of nitrogens with zero attached hydrogens (tertiary/aromatic N) is 1.